The van der Waals surface area contributed by atoms with Crippen LogP contribution in [-0.4, -0.2) is 19.5 Å². The maximum Gasteiger partial charge on any atom is 0.164 e. The molecule has 10 aromatic rings. The lowest BCUT2D eigenvalue weighted by Gasteiger charge is -2.42. The third-order valence-corrected chi connectivity index (χ3v) is 11.2. The summed E-state index contributed by atoms with van der Waals surface area (Å²) in [6.45, 7) is 0. The van der Waals surface area contributed by atoms with Crippen LogP contribution in [-0.2, 0) is 5.41 Å². The van der Waals surface area contributed by atoms with Gasteiger partial charge in [-0.25, -0.2) is 15.0 Å². The normalized spacial score (nSPS) is 12.8. The van der Waals surface area contributed by atoms with E-state index in [9.17, 15) is 0 Å². The van der Waals surface area contributed by atoms with E-state index in [1.807, 2.05) is 60.7 Å². The predicted octanol–water partition coefficient (Wildman–Crippen LogP) is 12.5. The lowest BCUT2D eigenvalue weighted by Crippen LogP contribution is -2.34. The van der Waals surface area contributed by atoms with E-state index in [0.717, 1.165) is 67.2 Å². The van der Waals surface area contributed by atoms with Gasteiger partial charge in [-0.2, -0.15) is 0 Å². The van der Waals surface area contributed by atoms with Crippen LogP contribution in [0.5, 0.6) is 11.5 Å². The van der Waals surface area contributed by atoms with Crippen LogP contribution in [0.4, 0.5) is 0 Å². The van der Waals surface area contributed by atoms with Crippen LogP contribution in [0, 0.1) is 0 Å². The van der Waals surface area contributed by atoms with Crippen molar-refractivity contribution in [1.82, 2.24) is 19.5 Å². The highest BCUT2D eigenvalue weighted by Gasteiger charge is 2.46. The highest BCUT2D eigenvalue weighted by molar-refractivity contribution is 6.09. The molecule has 0 aliphatic carbocycles. The second kappa shape index (κ2) is 13.3. The van der Waals surface area contributed by atoms with Gasteiger partial charge in [-0.1, -0.05) is 158 Å². The van der Waals surface area contributed by atoms with Crippen molar-refractivity contribution in [3.05, 3.63) is 229 Å². The Labute approximate surface area is 330 Å². The number of rotatable bonds is 6. The zero-order chi connectivity index (χ0) is 37.8. The first kappa shape index (κ1) is 32.8. The van der Waals surface area contributed by atoms with Gasteiger partial charge >= 0.3 is 0 Å². The number of benzene rings is 8. The number of nitrogens with zero attached hydrogens (tertiary/aromatic N) is 4. The third-order valence-electron chi connectivity index (χ3n) is 11.2. The highest BCUT2D eigenvalue weighted by Crippen LogP contribution is 2.56. The van der Waals surface area contributed by atoms with E-state index in [-0.39, 0.29) is 0 Å². The molecular formula is C52H34N4O. The van der Waals surface area contributed by atoms with E-state index < -0.39 is 5.41 Å². The Hall–Kier alpha value is -7.63. The smallest absolute Gasteiger partial charge is 0.164 e. The van der Waals surface area contributed by atoms with Crippen molar-refractivity contribution < 1.29 is 4.74 Å². The van der Waals surface area contributed by atoms with Gasteiger partial charge in [0.2, 0.25) is 0 Å². The minimum Gasteiger partial charge on any atom is -0.457 e. The van der Waals surface area contributed by atoms with Crippen LogP contribution in [0.1, 0.15) is 22.3 Å². The summed E-state index contributed by atoms with van der Waals surface area (Å²) < 4.78 is 9.31. The van der Waals surface area contributed by atoms with Gasteiger partial charge in [-0.15, -0.1) is 0 Å². The van der Waals surface area contributed by atoms with E-state index in [1.54, 1.807) is 0 Å². The first-order chi connectivity index (χ1) is 28.3. The van der Waals surface area contributed by atoms with Gasteiger partial charge in [0, 0.05) is 44.3 Å². The summed E-state index contributed by atoms with van der Waals surface area (Å²) in [5, 5.41) is 2.44. The van der Waals surface area contributed by atoms with Crippen molar-refractivity contribution in [3.63, 3.8) is 0 Å². The first-order valence-electron chi connectivity index (χ1n) is 19.2. The molecule has 0 unspecified atom stereocenters. The molecule has 11 rings (SSSR count). The maximum absolute atomic E-state index is 6.94. The number of aromatic nitrogens is 4. The summed E-state index contributed by atoms with van der Waals surface area (Å²) in [4.78, 5) is 15.2. The Morgan fingerprint density at radius 1 is 0.368 bits per heavy atom. The number of ether oxygens (including phenoxy) is 1. The van der Waals surface area contributed by atoms with Crippen molar-refractivity contribution in [1.29, 1.82) is 0 Å². The van der Waals surface area contributed by atoms with Crippen molar-refractivity contribution >= 4 is 21.8 Å². The Bertz CT molecular complexity index is 2940. The number of hydrogen-bond acceptors (Lipinski definition) is 4. The highest BCUT2D eigenvalue weighted by atomic mass is 16.5. The molecule has 0 fully saturated rings. The zero-order valence-corrected chi connectivity index (χ0v) is 30.8. The molecule has 0 N–H and O–H groups in total. The lowest BCUT2D eigenvalue weighted by molar-refractivity contribution is 0.434. The molecule has 5 heteroatoms. The maximum atomic E-state index is 6.94. The fourth-order valence-electron chi connectivity index (χ4n) is 8.66. The van der Waals surface area contributed by atoms with Crippen LogP contribution in [0.15, 0.2) is 206 Å². The fraction of sp³-hybridized carbons (Fsp3) is 0.0192. The molecule has 0 bridgehead atoms. The predicted molar refractivity (Wildman–Crippen MR) is 229 cm³/mol. The van der Waals surface area contributed by atoms with E-state index in [1.165, 1.54) is 10.8 Å². The van der Waals surface area contributed by atoms with E-state index in [0.29, 0.717) is 17.5 Å². The minimum atomic E-state index is -0.770. The zero-order valence-electron chi connectivity index (χ0n) is 30.8. The molecule has 268 valence electrons. The summed E-state index contributed by atoms with van der Waals surface area (Å²) in [5.74, 6) is 3.42. The van der Waals surface area contributed by atoms with Crippen molar-refractivity contribution in [2.24, 2.45) is 0 Å². The summed E-state index contributed by atoms with van der Waals surface area (Å²) in [6, 6.07) is 72.1. The molecular weight excluding hydrogens is 697 g/mol. The van der Waals surface area contributed by atoms with E-state index >= 15 is 0 Å². The SMILES string of the molecule is c1ccc(-c2nc(-c3ccccc3)nc(-c3ccc4c(c3)C(c3ccccc3)(c3ccccc3)c3cc(-n5c6ccccc6c6ccccc65)ccc3O4)n2)cc1. The Morgan fingerprint density at radius 2 is 0.789 bits per heavy atom. The van der Waals surface area contributed by atoms with Gasteiger partial charge in [-0.3, -0.25) is 0 Å². The minimum absolute atomic E-state index is 0.588. The van der Waals surface area contributed by atoms with Gasteiger partial charge in [0.15, 0.2) is 17.5 Å². The van der Waals surface area contributed by atoms with Crippen LogP contribution in [0.3, 0.4) is 0 Å². The Balaban J connectivity index is 1.19. The van der Waals surface area contributed by atoms with Crippen LogP contribution in [0.25, 0.3) is 61.7 Å². The molecule has 0 saturated carbocycles. The van der Waals surface area contributed by atoms with Crippen LogP contribution in [0.2, 0.25) is 0 Å². The Morgan fingerprint density at radius 3 is 1.32 bits per heavy atom. The lowest BCUT2D eigenvalue weighted by atomic mass is 9.63. The van der Waals surface area contributed by atoms with Gasteiger partial charge < -0.3 is 9.30 Å². The molecule has 3 heterocycles. The largest absolute Gasteiger partial charge is 0.457 e. The molecule has 5 nitrogen and oxygen atoms in total. The van der Waals surface area contributed by atoms with Gasteiger partial charge in [0.05, 0.1) is 16.4 Å². The topological polar surface area (TPSA) is 52.8 Å². The van der Waals surface area contributed by atoms with Crippen LogP contribution < -0.4 is 4.74 Å². The molecule has 0 saturated heterocycles. The Kier molecular flexibility index (Phi) is 7.64. The summed E-state index contributed by atoms with van der Waals surface area (Å²) in [6.07, 6.45) is 0. The summed E-state index contributed by atoms with van der Waals surface area (Å²) in [7, 11) is 0. The van der Waals surface area contributed by atoms with Gasteiger partial charge in [0.1, 0.15) is 11.5 Å². The average Bonchev–Trinajstić information content (AvgIpc) is 3.63. The number of hydrogen-bond donors (Lipinski definition) is 0. The summed E-state index contributed by atoms with van der Waals surface area (Å²) >= 11 is 0. The molecule has 0 amide bonds. The van der Waals surface area contributed by atoms with Crippen LogP contribution >= 0.6 is 0 Å². The molecule has 8 aromatic carbocycles. The standard InChI is InChI=1S/C52H34N4O/c1-5-17-35(18-6-1)49-53-50(36-19-7-2-8-20-36)55-51(54-49)37-29-31-47-43(33-37)52(38-21-9-3-10-22-38,39-23-11-4-12-24-39)44-34-40(30-32-48(44)57-47)56-45-27-15-13-25-41(45)42-26-14-16-28-46(42)56/h1-34H. The molecule has 1 aliphatic rings. The second-order valence-electron chi connectivity index (χ2n) is 14.4. The monoisotopic (exact) mass is 730 g/mol. The molecule has 0 atom stereocenters. The van der Waals surface area contributed by atoms with Gasteiger partial charge in [-0.05, 0) is 59.7 Å². The molecule has 0 spiro atoms. The quantitative estimate of drug-likeness (QED) is 0.171. The fourth-order valence-corrected chi connectivity index (χ4v) is 8.66. The molecule has 2 aromatic heterocycles. The molecule has 57 heavy (non-hydrogen) atoms. The average molecular weight is 731 g/mol. The number of fused-ring (bicyclic) bond motifs is 5. The second-order valence-corrected chi connectivity index (χ2v) is 14.4. The molecule has 0 radical (unpaired) electrons. The van der Waals surface area contributed by atoms with E-state index in [2.05, 4.69) is 150 Å². The van der Waals surface area contributed by atoms with Crippen molar-refractivity contribution in [3.8, 4) is 51.3 Å². The first-order valence-corrected chi connectivity index (χ1v) is 19.2. The third kappa shape index (κ3) is 5.28. The van der Waals surface area contributed by atoms with Crippen molar-refractivity contribution in [2.75, 3.05) is 0 Å². The van der Waals surface area contributed by atoms with Crippen molar-refractivity contribution in [2.45, 2.75) is 5.41 Å². The van der Waals surface area contributed by atoms with E-state index in [4.69, 9.17) is 19.7 Å². The van der Waals surface area contributed by atoms with Gasteiger partial charge in [0.25, 0.3) is 0 Å². The summed E-state index contributed by atoms with van der Waals surface area (Å²) in [5.41, 5.74) is 9.63. The molecule has 1 aliphatic heterocycles. The number of para-hydroxylation sites is 2.